The first-order valence-corrected chi connectivity index (χ1v) is 7.05. The van der Waals surface area contributed by atoms with E-state index in [0.717, 1.165) is 27.0 Å². The number of halogens is 1. The quantitative estimate of drug-likeness (QED) is 0.868. The van der Waals surface area contributed by atoms with Crippen LogP contribution < -0.4 is 15.4 Å². The van der Waals surface area contributed by atoms with Crippen LogP contribution in [-0.4, -0.2) is 38.5 Å². The van der Waals surface area contributed by atoms with E-state index in [2.05, 4.69) is 29.8 Å². The van der Waals surface area contributed by atoms with Crippen LogP contribution >= 0.6 is 15.9 Å². The van der Waals surface area contributed by atoms with E-state index in [1.165, 1.54) is 5.56 Å². The van der Waals surface area contributed by atoms with Crippen molar-refractivity contribution in [2.45, 2.75) is 26.8 Å². The molecule has 0 radical (unpaired) electrons. The third-order valence-electron chi connectivity index (χ3n) is 3.46. The van der Waals surface area contributed by atoms with Crippen molar-refractivity contribution in [2.75, 3.05) is 32.2 Å². The van der Waals surface area contributed by atoms with Gasteiger partial charge in [0, 0.05) is 24.1 Å². The molecule has 1 aromatic rings. The van der Waals surface area contributed by atoms with Crippen molar-refractivity contribution in [3.05, 3.63) is 21.2 Å². The molecule has 0 aliphatic heterocycles. The Kier molecular flexibility index (Phi) is 5.64. The van der Waals surface area contributed by atoms with Gasteiger partial charge in [0.2, 0.25) is 0 Å². The first kappa shape index (κ1) is 16.3. The largest absolute Gasteiger partial charge is 0.494 e. The first-order chi connectivity index (χ1) is 8.84. The summed E-state index contributed by atoms with van der Waals surface area (Å²) < 4.78 is 6.65. The summed E-state index contributed by atoms with van der Waals surface area (Å²) in [5, 5.41) is 9.09. The molecule has 0 heterocycles. The fourth-order valence-electron chi connectivity index (χ4n) is 2.28. The zero-order valence-corrected chi connectivity index (χ0v) is 13.8. The first-order valence-electron chi connectivity index (χ1n) is 6.25. The van der Waals surface area contributed by atoms with Gasteiger partial charge >= 0.3 is 0 Å². The Morgan fingerprint density at radius 1 is 1.26 bits per heavy atom. The molecular formula is C14H23BrN2O2. The standard InChI is InChI=1S/C14H23BrN2O2/c1-8-9(2)14(19-5)13(10(3)12(8)15)17(4)6-11(16)7-18/h11,18H,6-7,16H2,1-5H3. The van der Waals surface area contributed by atoms with E-state index in [4.69, 9.17) is 15.6 Å². The number of nitrogens with two attached hydrogens (primary N) is 1. The minimum atomic E-state index is -0.269. The molecule has 0 aliphatic rings. The summed E-state index contributed by atoms with van der Waals surface area (Å²) in [7, 11) is 3.64. The second kappa shape index (κ2) is 6.59. The molecule has 3 N–H and O–H groups in total. The molecule has 1 aromatic carbocycles. The van der Waals surface area contributed by atoms with Crippen molar-refractivity contribution < 1.29 is 9.84 Å². The van der Waals surface area contributed by atoms with Crippen LogP contribution in [0.4, 0.5) is 5.69 Å². The average molecular weight is 331 g/mol. The van der Waals surface area contributed by atoms with Crippen LogP contribution in [0.15, 0.2) is 4.47 Å². The molecule has 0 aromatic heterocycles. The number of anilines is 1. The van der Waals surface area contributed by atoms with Gasteiger partial charge in [-0.2, -0.15) is 0 Å². The van der Waals surface area contributed by atoms with Gasteiger partial charge in [0.1, 0.15) is 5.75 Å². The SMILES string of the molecule is COc1c(C)c(C)c(Br)c(C)c1N(C)CC(N)CO. The average Bonchev–Trinajstić information content (AvgIpc) is 2.39. The van der Waals surface area contributed by atoms with Crippen molar-refractivity contribution >= 4 is 21.6 Å². The van der Waals surface area contributed by atoms with E-state index in [1.807, 2.05) is 18.9 Å². The zero-order valence-electron chi connectivity index (χ0n) is 12.2. The van der Waals surface area contributed by atoms with Crippen molar-refractivity contribution in [2.24, 2.45) is 5.73 Å². The molecule has 0 aliphatic carbocycles. The summed E-state index contributed by atoms with van der Waals surface area (Å²) in [6.07, 6.45) is 0. The van der Waals surface area contributed by atoms with E-state index in [1.54, 1.807) is 7.11 Å². The number of methoxy groups -OCH3 is 1. The molecule has 0 spiro atoms. The molecular weight excluding hydrogens is 308 g/mol. The Balaban J connectivity index is 3.33. The predicted octanol–water partition coefficient (Wildman–Crippen LogP) is 2.14. The van der Waals surface area contributed by atoms with Crippen LogP contribution in [-0.2, 0) is 0 Å². The van der Waals surface area contributed by atoms with Gasteiger partial charge in [0.05, 0.1) is 19.4 Å². The molecule has 0 fully saturated rings. The normalized spacial score (nSPS) is 12.4. The number of aliphatic hydroxyl groups is 1. The van der Waals surface area contributed by atoms with Crippen LogP contribution in [0.5, 0.6) is 5.75 Å². The topological polar surface area (TPSA) is 58.7 Å². The Morgan fingerprint density at radius 2 is 1.84 bits per heavy atom. The Hall–Kier alpha value is -0.780. The number of ether oxygens (including phenoxy) is 1. The zero-order chi connectivity index (χ0) is 14.7. The fraction of sp³-hybridized carbons (Fsp3) is 0.571. The van der Waals surface area contributed by atoms with Crippen LogP contribution in [0.25, 0.3) is 0 Å². The van der Waals surface area contributed by atoms with Crippen molar-refractivity contribution in [1.82, 2.24) is 0 Å². The molecule has 1 atom stereocenters. The highest BCUT2D eigenvalue weighted by atomic mass is 79.9. The molecule has 19 heavy (non-hydrogen) atoms. The number of likely N-dealkylation sites (N-methyl/N-ethyl adjacent to an activating group) is 1. The van der Waals surface area contributed by atoms with Gasteiger partial charge in [-0.05, 0) is 37.5 Å². The van der Waals surface area contributed by atoms with Gasteiger partial charge in [-0.3, -0.25) is 0 Å². The van der Waals surface area contributed by atoms with Crippen LogP contribution in [0.2, 0.25) is 0 Å². The van der Waals surface area contributed by atoms with Crippen molar-refractivity contribution in [3.8, 4) is 5.75 Å². The third-order valence-corrected chi connectivity index (χ3v) is 4.65. The third kappa shape index (κ3) is 3.22. The monoisotopic (exact) mass is 330 g/mol. The van der Waals surface area contributed by atoms with Gasteiger partial charge in [-0.1, -0.05) is 15.9 Å². The molecule has 0 amide bonds. The lowest BCUT2D eigenvalue weighted by Crippen LogP contribution is -2.38. The highest BCUT2D eigenvalue weighted by molar-refractivity contribution is 9.10. The van der Waals surface area contributed by atoms with Gasteiger partial charge in [-0.25, -0.2) is 0 Å². The maximum atomic E-state index is 9.09. The van der Waals surface area contributed by atoms with Crippen LogP contribution in [0.1, 0.15) is 16.7 Å². The lowest BCUT2D eigenvalue weighted by molar-refractivity contribution is 0.267. The van der Waals surface area contributed by atoms with Crippen molar-refractivity contribution in [3.63, 3.8) is 0 Å². The Morgan fingerprint density at radius 3 is 2.32 bits per heavy atom. The molecule has 108 valence electrons. The van der Waals surface area contributed by atoms with E-state index in [-0.39, 0.29) is 12.6 Å². The van der Waals surface area contributed by atoms with Gasteiger partial charge in [0.25, 0.3) is 0 Å². The van der Waals surface area contributed by atoms with Gasteiger partial charge < -0.3 is 20.5 Å². The highest BCUT2D eigenvalue weighted by Gasteiger charge is 2.20. The molecule has 1 unspecified atom stereocenters. The minimum Gasteiger partial charge on any atom is -0.494 e. The smallest absolute Gasteiger partial charge is 0.145 e. The van der Waals surface area contributed by atoms with Gasteiger partial charge in [0.15, 0.2) is 0 Å². The van der Waals surface area contributed by atoms with Crippen molar-refractivity contribution in [1.29, 1.82) is 0 Å². The molecule has 0 saturated heterocycles. The molecule has 4 nitrogen and oxygen atoms in total. The van der Waals surface area contributed by atoms with E-state index in [9.17, 15) is 0 Å². The van der Waals surface area contributed by atoms with Gasteiger partial charge in [-0.15, -0.1) is 0 Å². The summed E-state index contributed by atoms with van der Waals surface area (Å²) in [6, 6.07) is -0.269. The lowest BCUT2D eigenvalue weighted by atomic mass is 10.0. The number of hydrogen-bond donors (Lipinski definition) is 2. The van der Waals surface area contributed by atoms with E-state index in [0.29, 0.717) is 6.54 Å². The van der Waals surface area contributed by atoms with Crippen LogP contribution in [0.3, 0.4) is 0 Å². The summed E-state index contributed by atoms with van der Waals surface area (Å²) in [6.45, 7) is 6.70. The summed E-state index contributed by atoms with van der Waals surface area (Å²) >= 11 is 3.63. The number of hydrogen-bond acceptors (Lipinski definition) is 4. The minimum absolute atomic E-state index is 0.0300. The lowest BCUT2D eigenvalue weighted by Gasteiger charge is -2.28. The summed E-state index contributed by atoms with van der Waals surface area (Å²) in [4.78, 5) is 2.03. The summed E-state index contributed by atoms with van der Waals surface area (Å²) in [5.41, 5.74) is 10.2. The Bertz CT molecular complexity index is 463. The molecule has 0 bridgehead atoms. The maximum absolute atomic E-state index is 9.09. The second-order valence-corrected chi connectivity index (χ2v) is 5.69. The number of benzene rings is 1. The maximum Gasteiger partial charge on any atom is 0.145 e. The Labute approximate surface area is 123 Å². The fourth-order valence-corrected chi connectivity index (χ4v) is 2.76. The molecule has 5 heteroatoms. The number of nitrogens with zero attached hydrogens (tertiary/aromatic N) is 1. The predicted molar refractivity (Wildman–Crippen MR) is 83.2 cm³/mol. The second-order valence-electron chi connectivity index (χ2n) is 4.89. The summed E-state index contributed by atoms with van der Waals surface area (Å²) in [5.74, 6) is 0.867. The number of rotatable bonds is 5. The van der Waals surface area contributed by atoms with Crippen LogP contribution in [0, 0.1) is 20.8 Å². The molecule has 1 rings (SSSR count). The number of aliphatic hydroxyl groups excluding tert-OH is 1. The van der Waals surface area contributed by atoms with E-state index >= 15 is 0 Å². The van der Waals surface area contributed by atoms with E-state index < -0.39 is 0 Å². The highest BCUT2D eigenvalue weighted by Crippen LogP contribution is 2.41. The molecule has 0 saturated carbocycles.